The van der Waals surface area contributed by atoms with E-state index in [9.17, 15) is 18.8 Å². The predicted molar refractivity (Wildman–Crippen MR) is 112 cm³/mol. The average molecular weight is 416 g/mol. The number of aromatic nitrogens is 1. The third-order valence-corrected chi connectivity index (χ3v) is 5.30. The van der Waals surface area contributed by atoms with E-state index in [0.717, 1.165) is 0 Å². The minimum absolute atomic E-state index is 0.0985. The summed E-state index contributed by atoms with van der Waals surface area (Å²) in [6, 6.07) is 4.64. The van der Waals surface area contributed by atoms with Crippen molar-refractivity contribution >= 4 is 17.7 Å². The lowest BCUT2D eigenvalue weighted by molar-refractivity contribution is 0.0587. The monoisotopic (exact) mass is 416 g/mol. The maximum atomic E-state index is 13.7. The largest absolute Gasteiger partial charge is 0.464 e. The highest BCUT2D eigenvalue weighted by molar-refractivity contribution is 6.07. The molecule has 2 rings (SSSR count). The Morgan fingerprint density at radius 2 is 1.80 bits per heavy atom. The van der Waals surface area contributed by atoms with Crippen LogP contribution in [0.15, 0.2) is 24.3 Å². The number of carbonyl (C=O) groups is 3. The van der Waals surface area contributed by atoms with Crippen molar-refractivity contribution < 1.29 is 23.5 Å². The number of halogens is 1. The maximum absolute atomic E-state index is 13.7. The smallest absolute Gasteiger partial charge is 0.354 e. The predicted octanol–water partition coefficient (Wildman–Crippen LogP) is 3.94. The average Bonchev–Trinajstić information content (AvgIpc) is 2.92. The van der Waals surface area contributed by atoms with E-state index in [-0.39, 0.29) is 17.3 Å². The van der Waals surface area contributed by atoms with Gasteiger partial charge < -0.3 is 14.2 Å². The molecule has 2 aromatic rings. The summed E-state index contributed by atoms with van der Waals surface area (Å²) >= 11 is 0. The molecule has 0 radical (unpaired) electrons. The first-order chi connectivity index (χ1) is 14.0. The standard InChI is InChI=1S/C23H29FN2O4/c1-13(2)12-26(22(28)17-9-8-10-18(24)11-17)16(5)21(27)19-14(3)20(23(29)30-7)25(6)15(19)4/h8-11,13,16H,12H2,1-7H3. The second kappa shape index (κ2) is 9.24. The van der Waals surface area contributed by atoms with Crippen LogP contribution in [0.1, 0.15) is 63.2 Å². The zero-order valence-electron chi connectivity index (χ0n) is 18.6. The Labute approximate surface area is 176 Å². The topological polar surface area (TPSA) is 68.6 Å². The van der Waals surface area contributed by atoms with E-state index in [2.05, 4.69) is 0 Å². The molecule has 0 fully saturated rings. The second-order valence-corrected chi connectivity index (χ2v) is 7.89. The Hall–Kier alpha value is -2.96. The van der Waals surface area contributed by atoms with Gasteiger partial charge in [0.15, 0.2) is 5.78 Å². The number of carbonyl (C=O) groups excluding carboxylic acids is 3. The minimum Gasteiger partial charge on any atom is -0.464 e. The lowest BCUT2D eigenvalue weighted by Gasteiger charge is -2.30. The van der Waals surface area contributed by atoms with Crippen LogP contribution in [0.4, 0.5) is 4.39 Å². The lowest BCUT2D eigenvalue weighted by Crippen LogP contribution is -2.45. The summed E-state index contributed by atoms with van der Waals surface area (Å²) < 4.78 is 20.1. The summed E-state index contributed by atoms with van der Waals surface area (Å²) in [4.78, 5) is 40.2. The van der Waals surface area contributed by atoms with Gasteiger partial charge in [0.2, 0.25) is 0 Å². The van der Waals surface area contributed by atoms with Crippen LogP contribution in [0.2, 0.25) is 0 Å². The van der Waals surface area contributed by atoms with Crippen LogP contribution in [-0.4, -0.2) is 46.8 Å². The van der Waals surface area contributed by atoms with Crippen molar-refractivity contribution in [1.82, 2.24) is 9.47 Å². The Morgan fingerprint density at radius 3 is 2.33 bits per heavy atom. The molecule has 7 heteroatoms. The van der Waals surface area contributed by atoms with Crippen molar-refractivity contribution in [2.24, 2.45) is 13.0 Å². The van der Waals surface area contributed by atoms with Gasteiger partial charge in [-0.05, 0) is 50.5 Å². The molecule has 1 aromatic heterocycles. The van der Waals surface area contributed by atoms with Gasteiger partial charge in [0.05, 0.1) is 13.2 Å². The van der Waals surface area contributed by atoms with Crippen LogP contribution in [0.25, 0.3) is 0 Å². The number of benzene rings is 1. The fourth-order valence-electron chi connectivity index (χ4n) is 3.67. The number of methoxy groups -OCH3 is 1. The molecule has 0 aliphatic rings. The van der Waals surface area contributed by atoms with Crippen LogP contribution < -0.4 is 0 Å². The van der Waals surface area contributed by atoms with E-state index in [1.54, 1.807) is 32.4 Å². The molecule has 0 aliphatic carbocycles. The number of Topliss-reactive ketones (excluding diaryl/α,β-unsaturated/α-hetero) is 1. The minimum atomic E-state index is -0.798. The number of ether oxygens (including phenoxy) is 1. The lowest BCUT2D eigenvalue weighted by atomic mass is 9.98. The van der Waals surface area contributed by atoms with Gasteiger partial charge in [0.1, 0.15) is 11.5 Å². The van der Waals surface area contributed by atoms with Crippen molar-refractivity contribution in [3.63, 3.8) is 0 Å². The second-order valence-electron chi connectivity index (χ2n) is 7.89. The van der Waals surface area contributed by atoms with E-state index in [1.165, 1.54) is 36.3 Å². The van der Waals surface area contributed by atoms with Crippen molar-refractivity contribution in [2.75, 3.05) is 13.7 Å². The molecule has 162 valence electrons. The highest BCUT2D eigenvalue weighted by Gasteiger charge is 2.33. The van der Waals surface area contributed by atoms with E-state index in [0.29, 0.717) is 29.1 Å². The van der Waals surface area contributed by atoms with Crippen molar-refractivity contribution in [3.8, 4) is 0 Å². The van der Waals surface area contributed by atoms with Crippen molar-refractivity contribution in [2.45, 2.75) is 40.7 Å². The molecule has 0 saturated heterocycles. The molecular formula is C23H29FN2O4. The zero-order valence-corrected chi connectivity index (χ0v) is 18.6. The molecule has 0 aliphatic heterocycles. The first-order valence-corrected chi connectivity index (χ1v) is 9.86. The maximum Gasteiger partial charge on any atom is 0.354 e. The molecule has 0 N–H and O–H groups in total. The Balaban J connectivity index is 2.49. The van der Waals surface area contributed by atoms with Gasteiger partial charge >= 0.3 is 5.97 Å². The number of rotatable bonds is 7. The first-order valence-electron chi connectivity index (χ1n) is 9.86. The highest BCUT2D eigenvalue weighted by atomic mass is 19.1. The summed E-state index contributed by atoms with van der Waals surface area (Å²) in [6.45, 7) is 9.32. The molecule has 1 aromatic carbocycles. The quantitative estimate of drug-likeness (QED) is 0.506. The summed E-state index contributed by atoms with van der Waals surface area (Å²) in [5.74, 6) is -1.63. The van der Waals surface area contributed by atoms with Gasteiger partial charge in [-0.25, -0.2) is 9.18 Å². The van der Waals surface area contributed by atoms with Crippen molar-refractivity contribution in [3.05, 3.63) is 58.2 Å². The molecule has 6 nitrogen and oxygen atoms in total. The normalized spacial score (nSPS) is 12.0. The SMILES string of the molecule is COC(=O)c1c(C)c(C(=O)C(C)N(CC(C)C)C(=O)c2cccc(F)c2)c(C)n1C. The zero-order chi connectivity index (χ0) is 22.7. The van der Waals surface area contributed by atoms with E-state index in [1.807, 2.05) is 13.8 Å². The van der Waals surface area contributed by atoms with Gasteiger partial charge in [-0.1, -0.05) is 19.9 Å². The number of hydrogen-bond donors (Lipinski definition) is 0. The van der Waals surface area contributed by atoms with Gasteiger partial charge in [0, 0.05) is 30.4 Å². The Bertz CT molecular complexity index is 978. The fraction of sp³-hybridized carbons (Fsp3) is 0.435. The van der Waals surface area contributed by atoms with E-state index in [4.69, 9.17) is 4.74 Å². The molecule has 1 amide bonds. The molecule has 1 heterocycles. The van der Waals surface area contributed by atoms with Crippen LogP contribution >= 0.6 is 0 Å². The van der Waals surface area contributed by atoms with Gasteiger partial charge in [-0.2, -0.15) is 0 Å². The first kappa shape index (κ1) is 23.3. The summed E-state index contributed by atoms with van der Waals surface area (Å²) in [5.41, 5.74) is 2.02. The third-order valence-electron chi connectivity index (χ3n) is 5.30. The third kappa shape index (κ3) is 4.45. The van der Waals surface area contributed by atoms with Gasteiger partial charge in [-0.15, -0.1) is 0 Å². The number of hydrogen-bond acceptors (Lipinski definition) is 4. The number of amides is 1. The fourth-order valence-corrected chi connectivity index (χ4v) is 3.67. The molecular weight excluding hydrogens is 387 g/mol. The van der Waals surface area contributed by atoms with Crippen LogP contribution in [-0.2, 0) is 11.8 Å². The Kier molecular flexibility index (Phi) is 7.18. The number of ketones is 1. The van der Waals surface area contributed by atoms with Crippen LogP contribution in [0, 0.1) is 25.6 Å². The van der Waals surface area contributed by atoms with Crippen molar-refractivity contribution in [1.29, 1.82) is 0 Å². The number of nitrogens with zero attached hydrogens (tertiary/aromatic N) is 2. The summed E-state index contributed by atoms with van der Waals surface area (Å²) in [5, 5.41) is 0. The van der Waals surface area contributed by atoms with E-state index < -0.39 is 23.7 Å². The Morgan fingerprint density at radius 1 is 1.17 bits per heavy atom. The van der Waals surface area contributed by atoms with Crippen LogP contribution in [0.5, 0.6) is 0 Å². The summed E-state index contributed by atoms with van der Waals surface area (Å²) in [7, 11) is 2.98. The molecule has 1 unspecified atom stereocenters. The summed E-state index contributed by atoms with van der Waals surface area (Å²) in [6.07, 6.45) is 0. The van der Waals surface area contributed by atoms with Gasteiger partial charge in [-0.3, -0.25) is 9.59 Å². The molecule has 30 heavy (non-hydrogen) atoms. The highest BCUT2D eigenvalue weighted by Crippen LogP contribution is 2.25. The molecule has 0 spiro atoms. The molecule has 0 saturated carbocycles. The van der Waals surface area contributed by atoms with Gasteiger partial charge in [0.25, 0.3) is 5.91 Å². The van der Waals surface area contributed by atoms with Crippen LogP contribution in [0.3, 0.4) is 0 Å². The number of esters is 1. The van der Waals surface area contributed by atoms with E-state index >= 15 is 0 Å². The molecule has 1 atom stereocenters. The molecule has 0 bridgehead atoms.